The molecule has 1 aliphatic heterocycles. The van der Waals surface area contributed by atoms with Gasteiger partial charge in [0.2, 0.25) is 0 Å². The van der Waals surface area contributed by atoms with Crippen molar-refractivity contribution in [1.82, 2.24) is 0 Å². The molecule has 2 heteroatoms. The van der Waals surface area contributed by atoms with Crippen molar-refractivity contribution in [3.63, 3.8) is 0 Å². The van der Waals surface area contributed by atoms with Crippen LogP contribution in [0.2, 0.25) is 0 Å². The summed E-state index contributed by atoms with van der Waals surface area (Å²) in [5.41, 5.74) is -0.283. The Morgan fingerprint density at radius 2 is 2.50 bits per heavy atom. The number of Topliss-reactive ketones (excluding diaryl/α,β-unsaturated/α-hetero) is 1. The number of hydrogen-bond acceptors (Lipinski definition) is 2. The summed E-state index contributed by atoms with van der Waals surface area (Å²) in [7, 11) is 0. The highest BCUT2D eigenvalue weighted by molar-refractivity contribution is 5.91. The van der Waals surface area contributed by atoms with E-state index in [4.69, 9.17) is 4.74 Å². The molecule has 2 nitrogen and oxygen atoms in total. The molecule has 1 saturated carbocycles. The Bertz CT molecular complexity index is 200. The molecule has 2 aliphatic rings. The highest BCUT2D eigenvalue weighted by Crippen LogP contribution is 2.48. The average molecular weight is 168 g/mol. The molecule has 0 N–H and O–H groups in total. The minimum atomic E-state index is -0.283. The molecule has 1 aliphatic carbocycles. The summed E-state index contributed by atoms with van der Waals surface area (Å²) in [4.78, 5) is 11.5. The van der Waals surface area contributed by atoms with Gasteiger partial charge in [0.1, 0.15) is 0 Å². The predicted octanol–water partition coefficient (Wildman–Crippen LogP) is 2.07. The van der Waals surface area contributed by atoms with E-state index in [-0.39, 0.29) is 5.60 Å². The molecule has 0 amide bonds. The van der Waals surface area contributed by atoms with Crippen molar-refractivity contribution in [3.8, 4) is 0 Å². The fourth-order valence-corrected chi connectivity index (χ4v) is 2.22. The van der Waals surface area contributed by atoms with Gasteiger partial charge in [-0.15, -0.1) is 0 Å². The van der Waals surface area contributed by atoms with Gasteiger partial charge in [0.15, 0.2) is 11.4 Å². The summed E-state index contributed by atoms with van der Waals surface area (Å²) in [6.45, 7) is 2.15. The summed E-state index contributed by atoms with van der Waals surface area (Å²) >= 11 is 0. The van der Waals surface area contributed by atoms with Gasteiger partial charge >= 0.3 is 0 Å². The van der Waals surface area contributed by atoms with Gasteiger partial charge in [0.25, 0.3) is 0 Å². The second kappa shape index (κ2) is 2.84. The first-order chi connectivity index (χ1) is 5.79. The molecule has 0 spiro atoms. The molecule has 2 fully saturated rings. The van der Waals surface area contributed by atoms with Crippen molar-refractivity contribution < 1.29 is 9.53 Å². The summed E-state index contributed by atoms with van der Waals surface area (Å²) in [5, 5.41) is 0. The maximum atomic E-state index is 11.5. The molecule has 1 heterocycles. The Morgan fingerprint density at radius 3 is 3.17 bits per heavy atom. The van der Waals surface area contributed by atoms with E-state index in [0.29, 0.717) is 11.9 Å². The maximum Gasteiger partial charge on any atom is 0.167 e. The number of carbonyl (C=O) groups is 1. The summed E-state index contributed by atoms with van der Waals surface area (Å²) in [6, 6.07) is 0. The average Bonchev–Trinajstić information content (AvgIpc) is 2.78. The monoisotopic (exact) mass is 168 g/mol. The first kappa shape index (κ1) is 8.24. The van der Waals surface area contributed by atoms with E-state index in [2.05, 4.69) is 6.92 Å². The number of epoxide rings is 1. The Labute approximate surface area is 73.3 Å². The number of hydrogen-bond donors (Lipinski definition) is 0. The van der Waals surface area contributed by atoms with E-state index in [9.17, 15) is 4.79 Å². The standard InChI is InChI=1S/C10H16O2/c1-2-3-7-10-8(11)5-4-6-9(10)12-10/h9H,2-7H2,1H3. The highest BCUT2D eigenvalue weighted by Gasteiger charge is 2.61. The number of carbonyl (C=O) groups excluding carboxylic acids is 1. The molecular formula is C10H16O2. The molecule has 12 heavy (non-hydrogen) atoms. The maximum absolute atomic E-state index is 11.5. The minimum Gasteiger partial charge on any atom is -0.358 e. The molecule has 0 aromatic heterocycles. The lowest BCUT2D eigenvalue weighted by molar-refractivity contribution is -0.124. The van der Waals surface area contributed by atoms with E-state index >= 15 is 0 Å². The van der Waals surface area contributed by atoms with Crippen LogP contribution in [0.15, 0.2) is 0 Å². The lowest BCUT2D eigenvalue weighted by Crippen LogP contribution is -2.30. The van der Waals surface area contributed by atoms with Gasteiger partial charge < -0.3 is 4.74 Å². The van der Waals surface area contributed by atoms with Crippen LogP contribution in [-0.2, 0) is 9.53 Å². The van der Waals surface area contributed by atoms with E-state index < -0.39 is 0 Å². The van der Waals surface area contributed by atoms with Crippen molar-refractivity contribution in [2.75, 3.05) is 0 Å². The Hall–Kier alpha value is -0.370. The zero-order valence-corrected chi connectivity index (χ0v) is 7.64. The second-order valence-corrected chi connectivity index (χ2v) is 3.91. The second-order valence-electron chi connectivity index (χ2n) is 3.91. The van der Waals surface area contributed by atoms with E-state index in [1.807, 2.05) is 0 Å². The first-order valence-corrected chi connectivity index (χ1v) is 5.01. The van der Waals surface area contributed by atoms with Gasteiger partial charge in [-0.25, -0.2) is 0 Å². The number of ether oxygens (including phenoxy) is 1. The van der Waals surface area contributed by atoms with Crippen molar-refractivity contribution in [2.24, 2.45) is 0 Å². The summed E-state index contributed by atoms with van der Waals surface area (Å²) < 4.78 is 5.53. The topological polar surface area (TPSA) is 29.6 Å². The van der Waals surface area contributed by atoms with Gasteiger partial charge in [-0.2, -0.15) is 0 Å². The van der Waals surface area contributed by atoms with Crippen molar-refractivity contribution in [2.45, 2.75) is 57.2 Å². The number of rotatable bonds is 3. The summed E-state index contributed by atoms with van der Waals surface area (Å²) in [5.74, 6) is 0.368. The lowest BCUT2D eigenvalue weighted by atomic mass is 9.84. The molecule has 1 saturated heterocycles. The van der Waals surface area contributed by atoms with Crippen molar-refractivity contribution in [1.29, 1.82) is 0 Å². The predicted molar refractivity (Wildman–Crippen MR) is 46.0 cm³/mol. The normalized spacial score (nSPS) is 39.4. The van der Waals surface area contributed by atoms with Crippen LogP contribution in [0.25, 0.3) is 0 Å². The summed E-state index contributed by atoms with van der Waals surface area (Å²) in [6.07, 6.45) is 6.44. The minimum absolute atomic E-state index is 0.283. The van der Waals surface area contributed by atoms with E-state index in [0.717, 1.165) is 38.5 Å². The molecule has 0 aromatic rings. The van der Waals surface area contributed by atoms with Crippen LogP contribution in [0.5, 0.6) is 0 Å². The quantitative estimate of drug-likeness (QED) is 0.604. The van der Waals surface area contributed by atoms with Crippen LogP contribution in [0.3, 0.4) is 0 Å². The zero-order chi connectivity index (χ0) is 8.60. The van der Waals surface area contributed by atoms with Crippen LogP contribution in [0.1, 0.15) is 45.4 Å². The van der Waals surface area contributed by atoms with Crippen molar-refractivity contribution >= 4 is 5.78 Å². The van der Waals surface area contributed by atoms with Crippen LogP contribution in [-0.4, -0.2) is 17.5 Å². The first-order valence-electron chi connectivity index (χ1n) is 5.01. The van der Waals surface area contributed by atoms with Crippen LogP contribution in [0.4, 0.5) is 0 Å². The largest absolute Gasteiger partial charge is 0.358 e. The lowest BCUT2D eigenvalue weighted by Gasteiger charge is -2.14. The number of ketones is 1. The van der Waals surface area contributed by atoms with Gasteiger partial charge in [-0.3, -0.25) is 4.79 Å². The molecular weight excluding hydrogens is 152 g/mol. The van der Waals surface area contributed by atoms with Gasteiger partial charge in [0, 0.05) is 6.42 Å². The highest BCUT2D eigenvalue weighted by atomic mass is 16.6. The smallest absolute Gasteiger partial charge is 0.167 e. The fraction of sp³-hybridized carbons (Fsp3) is 0.900. The third kappa shape index (κ3) is 1.09. The van der Waals surface area contributed by atoms with Crippen LogP contribution >= 0.6 is 0 Å². The van der Waals surface area contributed by atoms with Gasteiger partial charge in [-0.05, 0) is 19.3 Å². The molecule has 0 aromatic carbocycles. The van der Waals surface area contributed by atoms with Gasteiger partial charge in [-0.1, -0.05) is 19.8 Å². The van der Waals surface area contributed by atoms with Crippen LogP contribution in [0, 0.1) is 0 Å². The van der Waals surface area contributed by atoms with E-state index in [1.54, 1.807) is 0 Å². The number of unbranched alkanes of at least 4 members (excludes halogenated alkanes) is 1. The van der Waals surface area contributed by atoms with Crippen molar-refractivity contribution in [3.05, 3.63) is 0 Å². The van der Waals surface area contributed by atoms with E-state index in [1.165, 1.54) is 0 Å². The molecule has 2 atom stereocenters. The van der Waals surface area contributed by atoms with Crippen LogP contribution < -0.4 is 0 Å². The molecule has 68 valence electrons. The molecule has 2 unspecified atom stereocenters. The molecule has 0 radical (unpaired) electrons. The fourth-order valence-electron chi connectivity index (χ4n) is 2.22. The Balaban J connectivity index is 1.97. The van der Waals surface area contributed by atoms with Gasteiger partial charge in [0.05, 0.1) is 6.10 Å². The number of fused-ring (bicyclic) bond motifs is 1. The molecule has 2 rings (SSSR count). The third-order valence-electron chi connectivity index (χ3n) is 3.06. The molecule has 0 bridgehead atoms. The Morgan fingerprint density at radius 1 is 1.67 bits per heavy atom. The third-order valence-corrected chi connectivity index (χ3v) is 3.06. The SMILES string of the molecule is CCCCC12OC1CCCC2=O. The zero-order valence-electron chi connectivity index (χ0n) is 7.64. The Kier molecular flexibility index (Phi) is 1.95.